The number of aryl methyl sites for hydroxylation is 2. The SMILES string of the molecule is CCn1c(C)[n+](C)c2ccncc21. The Kier molecular flexibility index (Phi) is 1.79. The summed E-state index contributed by atoms with van der Waals surface area (Å²) in [6.45, 7) is 5.28. The summed E-state index contributed by atoms with van der Waals surface area (Å²) in [7, 11) is 2.09. The van der Waals surface area contributed by atoms with Crippen molar-refractivity contribution in [3.63, 3.8) is 0 Å². The first-order valence-corrected chi connectivity index (χ1v) is 4.54. The molecule has 3 nitrogen and oxygen atoms in total. The zero-order valence-corrected chi connectivity index (χ0v) is 8.28. The summed E-state index contributed by atoms with van der Waals surface area (Å²) in [6, 6.07) is 2.05. The van der Waals surface area contributed by atoms with E-state index in [0.29, 0.717) is 0 Å². The Hall–Kier alpha value is -1.38. The van der Waals surface area contributed by atoms with Crippen LogP contribution >= 0.6 is 0 Å². The molecule has 0 bridgehead atoms. The molecule has 0 spiro atoms. The highest BCUT2D eigenvalue weighted by Gasteiger charge is 2.16. The van der Waals surface area contributed by atoms with E-state index in [4.69, 9.17) is 0 Å². The summed E-state index contributed by atoms with van der Waals surface area (Å²) in [4.78, 5) is 4.14. The molecule has 0 radical (unpaired) electrons. The van der Waals surface area contributed by atoms with Crippen LogP contribution in [0.2, 0.25) is 0 Å². The molecule has 0 aliphatic heterocycles. The minimum atomic E-state index is 0.995. The molecule has 0 aliphatic carbocycles. The van der Waals surface area contributed by atoms with Crippen LogP contribution in [0.4, 0.5) is 0 Å². The number of nitrogens with zero attached hydrogens (tertiary/aromatic N) is 3. The summed E-state index contributed by atoms with van der Waals surface area (Å²) in [5.74, 6) is 1.27. The normalized spacial score (nSPS) is 11.0. The summed E-state index contributed by atoms with van der Waals surface area (Å²) in [6.07, 6.45) is 3.76. The zero-order valence-electron chi connectivity index (χ0n) is 8.28. The highest BCUT2D eigenvalue weighted by atomic mass is 15.1. The molecule has 0 atom stereocenters. The average Bonchev–Trinajstić information content (AvgIpc) is 2.41. The van der Waals surface area contributed by atoms with Gasteiger partial charge in [-0.2, -0.15) is 0 Å². The van der Waals surface area contributed by atoms with E-state index < -0.39 is 0 Å². The molecule has 2 aromatic heterocycles. The van der Waals surface area contributed by atoms with Crippen LogP contribution < -0.4 is 4.57 Å². The standard InChI is InChI=1S/C10H14N3/c1-4-13-8(2)12(3)9-5-6-11-7-10(9)13/h5-7H,4H2,1-3H3/q+1. The molecular weight excluding hydrogens is 162 g/mol. The summed E-state index contributed by atoms with van der Waals surface area (Å²) in [5, 5.41) is 0. The molecule has 0 fully saturated rings. The van der Waals surface area contributed by atoms with Crippen LogP contribution in [0.15, 0.2) is 18.5 Å². The smallest absolute Gasteiger partial charge is 0.254 e. The molecule has 0 saturated carbocycles. The maximum absolute atomic E-state index is 4.14. The van der Waals surface area contributed by atoms with Gasteiger partial charge in [0, 0.05) is 19.2 Å². The Labute approximate surface area is 77.6 Å². The van der Waals surface area contributed by atoms with Crippen LogP contribution in [0.3, 0.4) is 0 Å². The third-order valence-electron chi connectivity index (χ3n) is 2.62. The van der Waals surface area contributed by atoms with Gasteiger partial charge in [-0.1, -0.05) is 0 Å². The average molecular weight is 176 g/mol. The molecule has 3 heteroatoms. The first-order valence-electron chi connectivity index (χ1n) is 4.54. The first kappa shape index (κ1) is 8.23. The van der Waals surface area contributed by atoms with Crippen LogP contribution in [0.1, 0.15) is 12.7 Å². The van der Waals surface area contributed by atoms with Crippen molar-refractivity contribution in [3.8, 4) is 0 Å². The molecular formula is C10H14N3+. The Morgan fingerprint density at radius 1 is 1.54 bits per heavy atom. The number of rotatable bonds is 1. The van der Waals surface area contributed by atoms with Gasteiger partial charge in [0.1, 0.15) is 0 Å². The maximum atomic E-state index is 4.14. The summed E-state index contributed by atoms with van der Waals surface area (Å²) >= 11 is 0. The van der Waals surface area contributed by atoms with E-state index in [0.717, 1.165) is 6.54 Å². The number of fused-ring (bicyclic) bond motifs is 1. The van der Waals surface area contributed by atoms with Gasteiger partial charge in [0.15, 0.2) is 11.0 Å². The fourth-order valence-electron chi connectivity index (χ4n) is 1.80. The van der Waals surface area contributed by atoms with Gasteiger partial charge >= 0.3 is 0 Å². The van der Waals surface area contributed by atoms with Gasteiger partial charge in [0.05, 0.1) is 19.8 Å². The van der Waals surface area contributed by atoms with Crippen LogP contribution in [0, 0.1) is 6.92 Å². The Morgan fingerprint density at radius 3 is 3.00 bits per heavy atom. The third-order valence-corrected chi connectivity index (χ3v) is 2.62. The minimum Gasteiger partial charge on any atom is -0.260 e. The van der Waals surface area contributed by atoms with Gasteiger partial charge < -0.3 is 0 Å². The largest absolute Gasteiger partial charge is 0.260 e. The molecule has 0 aliphatic rings. The lowest BCUT2D eigenvalue weighted by molar-refractivity contribution is -0.652. The van der Waals surface area contributed by atoms with Crippen molar-refractivity contribution in [2.24, 2.45) is 7.05 Å². The lowest BCUT2D eigenvalue weighted by atomic mass is 10.4. The molecule has 0 unspecified atom stereocenters. The second kappa shape index (κ2) is 2.83. The molecule has 0 amide bonds. The number of hydrogen-bond donors (Lipinski definition) is 0. The van der Waals surface area contributed by atoms with E-state index in [2.05, 4.69) is 41.1 Å². The monoisotopic (exact) mass is 176 g/mol. The van der Waals surface area contributed by atoms with Crippen molar-refractivity contribution >= 4 is 11.0 Å². The molecule has 0 N–H and O–H groups in total. The van der Waals surface area contributed by atoms with Crippen molar-refractivity contribution < 1.29 is 4.57 Å². The van der Waals surface area contributed by atoms with E-state index in [1.54, 1.807) is 0 Å². The number of pyridine rings is 1. The fraction of sp³-hybridized carbons (Fsp3) is 0.400. The molecule has 13 heavy (non-hydrogen) atoms. The molecule has 2 aromatic rings. The van der Waals surface area contributed by atoms with Crippen LogP contribution in [-0.2, 0) is 13.6 Å². The van der Waals surface area contributed by atoms with Gasteiger partial charge in [-0.25, -0.2) is 9.13 Å². The van der Waals surface area contributed by atoms with Crippen LogP contribution in [-0.4, -0.2) is 9.55 Å². The second-order valence-corrected chi connectivity index (χ2v) is 3.21. The third kappa shape index (κ3) is 1.03. The van der Waals surface area contributed by atoms with E-state index in [1.165, 1.54) is 16.9 Å². The highest BCUT2D eigenvalue weighted by Crippen LogP contribution is 2.11. The number of aromatic nitrogens is 3. The maximum Gasteiger partial charge on any atom is 0.254 e. The lowest BCUT2D eigenvalue weighted by Gasteiger charge is -1.92. The number of imidazole rings is 1. The summed E-state index contributed by atoms with van der Waals surface area (Å²) < 4.78 is 4.46. The van der Waals surface area contributed by atoms with Crippen LogP contribution in [0.25, 0.3) is 11.0 Å². The topological polar surface area (TPSA) is 21.7 Å². The van der Waals surface area contributed by atoms with Crippen molar-refractivity contribution in [2.75, 3.05) is 0 Å². The van der Waals surface area contributed by atoms with Gasteiger partial charge in [-0.15, -0.1) is 0 Å². The van der Waals surface area contributed by atoms with E-state index in [1.807, 2.05) is 12.4 Å². The quantitative estimate of drug-likeness (QED) is 0.598. The van der Waals surface area contributed by atoms with Crippen molar-refractivity contribution in [1.82, 2.24) is 9.55 Å². The Morgan fingerprint density at radius 2 is 2.31 bits per heavy atom. The van der Waals surface area contributed by atoms with Gasteiger partial charge in [0.2, 0.25) is 0 Å². The van der Waals surface area contributed by atoms with Gasteiger partial charge in [-0.05, 0) is 6.92 Å². The van der Waals surface area contributed by atoms with Crippen LogP contribution in [0.5, 0.6) is 0 Å². The van der Waals surface area contributed by atoms with E-state index in [9.17, 15) is 0 Å². The Balaban J connectivity index is 2.90. The molecule has 0 aromatic carbocycles. The highest BCUT2D eigenvalue weighted by molar-refractivity contribution is 5.70. The van der Waals surface area contributed by atoms with Crippen molar-refractivity contribution in [1.29, 1.82) is 0 Å². The van der Waals surface area contributed by atoms with Gasteiger partial charge in [0.25, 0.3) is 5.82 Å². The zero-order chi connectivity index (χ0) is 9.42. The van der Waals surface area contributed by atoms with E-state index >= 15 is 0 Å². The molecule has 68 valence electrons. The molecule has 2 heterocycles. The molecule has 2 rings (SSSR count). The number of hydrogen-bond acceptors (Lipinski definition) is 1. The summed E-state index contributed by atoms with van der Waals surface area (Å²) in [5.41, 5.74) is 2.46. The molecule has 0 saturated heterocycles. The second-order valence-electron chi connectivity index (χ2n) is 3.21. The Bertz CT molecular complexity index is 443. The predicted octanol–water partition coefficient (Wildman–Crippen LogP) is 1.19. The van der Waals surface area contributed by atoms with E-state index in [-0.39, 0.29) is 0 Å². The predicted molar refractivity (Wildman–Crippen MR) is 51.3 cm³/mol. The van der Waals surface area contributed by atoms with Gasteiger partial charge in [-0.3, -0.25) is 4.98 Å². The van der Waals surface area contributed by atoms with Crippen molar-refractivity contribution in [2.45, 2.75) is 20.4 Å². The fourth-order valence-corrected chi connectivity index (χ4v) is 1.80. The lowest BCUT2D eigenvalue weighted by Crippen LogP contribution is -2.30. The minimum absolute atomic E-state index is 0.995. The van der Waals surface area contributed by atoms with Crippen molar-refractivity contribution in [3.05, 3.63) is 24.3 Å². The first-order chi connectivity index (χ1) is 6.25.